The molecule has 0 amide bonds. The monoisotopic (exact) mass is 488 g/mol. The second-order valence-electron chi connectivity index (χ2n) is 9.21. The number of nitrogens with one attached hydrogen (secondary N) is 2. The second-order valence-corrected chi connectivity index (χ2v) is 9.43. The summed E-state index contributed by atoms with van der Waals surface area (Å²) >= 11 is 4.08. The van der Waals surface area contributed by atoms with Crippen LogP contribution < -0.4 is 10.0 Å². The Labute approximate surface area is 201 Å². The van der Waals surface area contributed by atoms with E-state index in [1.807, 2.05) is 18.5 Å². The van der Waals surface area contributed by atoms with E-state index in [2.05, 4.69) is 64.8 Å². The van der Waals surface area contributed by atoms with Gasteiger partial charge in [-0.25, -0.2) is 4.99 Å². The molecule has 34 heavy (non-hydrogen) atoms. The van der Waals surface area contributed by atoms with Crippen molar-refractivity contribution in [2.75, 3.05) is 17.8 Å². The lowest BCUT2D eigenvalue weighted by atomic mass is 10.1. The first-order valence-electron chi connectivity index (χ1n) is 10.8. The Balaban J connectivity index is 1.55. The Morgan fingerprint density at radius 2 is 1.97 bits per heavy atom. The van der Waals surface area contributed by atoms with Gasteiger partial charge in [0.25, 0.3) is 0 Å². The predicted octanol–water partition coefficient (Wildman–Crippen LogP) is 5.48. The van der Waals surface area contributed by atoms with Gasteiger partial charge in [-0.3, -0.25) is 4.99 Å². The molecular formula is C24H27F3N6S. The van der Waals surface area contributed by atoms with Gasteiger partial charge in [0, 0.05) is 34.6 Å². The largest absolute Gasteiger partial charge is 0.406 e. The molecule has 0 saturated carbocycles. The number of halogens is 3. The molecule has 0 saturated heterocycles. The van der Waals surface area contributed by atoms with E-state index in [4.69, 9.17) is 0 Å². The molecule has 3 aromatic rings. The summed E-state index contributed by atoms with van der Waals surface area (Å²) in [6.45, 7) is 10.0. The number of hydrogen-bond donors (Lipinski definition) is 3. The van der Waals surface area contributed by atoms with Crippen LogP contribution in [0.15, 0.2) is 59.3 Å². The van der Waals surface area contributed by atoms with Gasteiger partial charge in [-0.2, -0.15) is 13.2 Å². The highest BCUT2D eigenvalue weighted by molar-refractivity contribution is 7.81. The highest BCUT2D eigenvalue weighted by Crippen LogP contribution is 2.31. The van der Waals surface area contributed by atoms with Crippen LogP contribution in [0.1, 0.15) is 32.0 Å². The number of aromatic nitrogens is 2. The van der Waals surface area contributed by atoms with E-state index in [1.165, 1.54) is 4.57 Å². The van der Waals surface area contributed by atoms with Crippen LogP contribution >= 0.6 is 12.8 Å². The number of aliphatic imine (C=N–C) groups is 2. The van der Waals surface area contributed by atoms with Crippen LogP contribution in [0.2, 0.25) is 0 Å². The van der Waals surface area contributed by atoms with E-state index in [9.17, 15) is 13.2 Å². The highest BCUT2D eigenvalue weighted by Gasteiger charge is 2.31. The van der Waals surface area contributed by atoms with Crippen molar-refractivity contribution in [2.24, 2.45) is 9.98 Å². The van der Waals surface area contributed by atoms with Crippen LogP contribution in [0.4, 0.5) is 18.9 Å². The van der Waals surface area contributed by atoms with Gasteiger partial charge in [0.15, 0.2) is 5.84 Å². The predicted molar refractivity (Wildman–Crippen MR) is 136 cm³/mol. The Bertz CT molecular complexity index is 1290. The quantitative estimate of drug-likeness (QED) is 0.386. The third kappa shape index (κ3) is 5.01. The molecule has 1 aromatic carbocycles. The van der Waals surface area contributed by atoms with Crippen LogP contribution in [-0.2, 0) is 12.1 Å². The number of rotatable bonds is 7. The van der Waals surface area contributed by atoms with Crippen molar-refractivity contribution >= 4 is 46.6 Å². The molecule has 0 radical (unpaired) electrons. The molecule has 10 heteroatoms. The van der Waals surface area contributed by atoms with E-state index >= 15 is 0 Å². The summed E-state index contributed by atoms with van der Waals surface area (Å²) in [7, 11) is 0. The third-order valence-electron chi connectivity index (χ3n) is 5.63. The molecule has 6 nitrogen and oxygen atoms in total. The summed E-state index contributed by atoms with van der Waals surface area (Å²) in [5.41, 5.74) is 3.77. The smallest absolute Gasteiger partial charge is 0.380 e. The summed E-state index contributed by atoms with van der Waals surface area (Å²) < 4.78 is 46.2. The van der Waals surface area contributed by atoms with Crippen LogP contribution in [0.3, 0.4) is 0 Å². The van der Waals surface area contributed by atoms with Gasteiger partial charge in [-0.1, -0.05) is 25.5 Å². The molecule has 0 atom stereocenters. The summed E-state index contributed by atoms with van der Waals surface area (Å²) in [6, 6.07) is 8.75. The highest BCUT2D eigenvalue weighted by atomic mass is 32.1. The number of benzene rings is 1. The maximum atomic E-state index is 13.4. The van der Waals surface area contributed by atoms with E-state index in [0.29, 0.717) is 35.4 Å². The minimum Gasteiger partial charge on any atom is -0.380 e. The number of thiol groups is 1. The fourth-order valence-electron chi connectivity index (χ4n) is 3.84. The van der Waals surface area contributed by atoms with Gasteiger partial charge in [0.2, 0.25) is 0 Å². The Kier molecular flexibility index (Phi) is 6.28. The van der Waals surface area contributed by atoms with Gasteiger partial charge in [0.05, 0.1) is 35.7 Å². The zero-order valence-electron chi connectivity index (χ0n) is 19.2. The molecule has 2 N–H and O–H groups in total. The fraction of sp³-hybridized carbons (Fsp3) is 0.333. The first kappa shape index (κ1) is 24.0. The molecule has 1 aliphatic heterocycles. The number of alkyl halides is 3. The molecule has 180 valence electrons. The molecule has 1 aliphatic rings. The van der Waals surface area contributed by atoms with Crippen molar-refractivity contribution in [1.82, 2.24) is 14.5 Å². The normalized spacial score (nSPS) is 14.3. The van der Waals surface area contributed by atoms with Crippen molar-refractivity contribution in [3.8, 4) is 0 Å². The van der Waals surface area contributed by atoms with Crippen molar-refractivity contribution in [2.45, 2.75) is 39.0 Å². The first-order chi connectivity index (χ1) is 16.0. The summed E-state index contributed by atoms with van der Waals surface area (Å²) in [5.74, 6) is 0.284. The van der Waals surface area contributed by atoms with Crippen molar-refractivity contribution in [3.05, 3.63) is 60.6 Å². The van der Waals surface area contributed by atoms with Crippen LogP contribution in [0.5, 0.6) is 0 Å². The molecule has 0 aliphatic carbocycles. The molecular weight excluding hydrogens is 461 g/mol. The molecule has 0 spiro atoms. The second kappa shape index (κ2) is 8.90. The van der Waals surface area contributed by atoms with Crippen molar-refractivity contribution in [3.63, 3.8) is 0 Å². The van der Waals surface area contributed by atoms with Crippen molar-refractivity contribution in [1.29, 1.82) is 0 Å². The number of anilines is 1. The summed E-state index contributed by atoms with van der Waals surface area (Å²) in [4.78, 5) is 8.97. The fourth-order valence-corrected chi connectivity index (χ4v) is 4.04. The standard InChI is InChI=1S/C24H27F3N6S/c1-15(16-8-9-32(13-16)23(2,3)4)28-11-17-12-29-22(30-17)21-10-18-19(31-34)6-5-7-20(18)33(21)14-24(25,26)27/h5-10,13,28,31,34H,1,11-12,14H2,2-4H3. The molecule has 0 unspecified atom stereocenters. The van der Waals surface area contributed by atoms with Crippen molar-refractivity contribution < 1.29 is 13.2 Å². The summed E-state index contributed by atoms with van der Waals surface area (Å²) in [5, 5.41) is 3.88. The molecule has 4 rings (SSSR count). The average Bonchev–Trinajstić information content (AvgIpc) is 3.49. The Morgan fingerprint density at radius 1 is 1.21 bits per heavy atom. The van der Waals surface area contributed by atoms with Gasteiger partial charge < -0.3 is 19.2 Å². The maximum absolute atomic E-state index is 13.4. The van der Waals surface area contributed by atoms with Crippen LogP contribution in [0, 0.1) is 0 Å². The lowest BCUT2D eigenvalue weighted by molar-refractivity contribution is -0.139. The third-order valence-corrected chi connectivity index (χ3v) is 5.87. The molecule has 0 fully saturated rings. The summed E-state index contributed by atoms with van der Waals surface area (Å²) in [6.07, 6.45) is -0.361. The lowest BCUT2D eigenvalue weighted by Crippen LogP contribution is -2.23. The molecule has 0 bridgehead atoms. The topological polar surface area (TPSA) is 58.6 Å². The molecule has 2 aromatic heterocycles. The number of fused-ring (bicyclic) bond motifs is 1. The maximum Gasteiger partial charge on any atom is 0.406 e. The zero-order valence-corrected chi connectivity index (χ0v) is 20.1. The van der Waals surface area contributed by atoms with E-state index < -0.39 is 12.7 Å². The number of amidine groups is 1. The minimum absolute atomic E-state index is 0.0337. The molecule has 3 heterocycles. The zero-order chi connectivity index (χ0) is 24.7. The first-order valence-corrected chi connectivity index (χ1v) is 11.2. The van der Waals surface area contributed by atoms with Crippen LogP contribution in [0.25, 0.3) is 16.6 Å². The minimum atomic E-state index is -4.39. The van der Waals surface area contributed by atoms with Crippen LogP contribution in [-0.4, -0.2) is 39.9 Å². The van der Waals surface area contributed by atoms with Gasteiger partial charge in [0.1, 0.15) is 6.54 Å². The van der Waals surface area contributed by atoms with E-state index in [-0.39, 0.29) is 11.4 Å². The SMILES string of the molecule is C=C(NCC1=NC(c2cc3c(NS)cccc3n2CC(F)(F)F)=NC1)c1ccn(C(C)(C)C)c1. The van der Waals surface area contributed by atoms with Gasteiger partial charge in [-0.05, 0) is 45.0 Å². The Hall–Kier alpha value is -3.14. The number of nitrogens with zero attached hydrogens (tertiary/aromatic N) is 4. The lowest BCUT2D eigenvalue weighted by Gasteiger charge is -2.21. The Morgan fingerprint density at radius 3 is 2.62 bits per heavy atom. The van der Waals surface area contributed by atoms with Gasteiger partial charge >= 0.3 is 6.18 Å². The van der Waals surface area contributed by atoms with E-state index in [0.717, 1.165) is 17.0 Å². The average molecular weight is 489 g/mol. The number of hydrogen-bond acceptors (Lipinski definition) is 5. The van der Waals surface area contributed by atoms with E-state index in [1.54, 1.807) is 24.3 Å². The van der Waals surface area contributed by atoms with Gasteiger partial charge in [-0.15, -0.1) is 0 Å².